The molecule has 0 radical (unpaired) electrons. The molecule has 0 spiro atoms. The first-order valence-electron chi connectivity index (χ1n) is 6.04. The summed E-state index contributed by atoms with van der Waals surface area (Å²) in [6.45, 7) is 1.41. The third kappa shape index (κ3) is 3.81. The maximum Gasteiger partial charge on any atom is 0.256 e. The summed E-state index contributed by atoms with van der Waals surface area (Å²) in [7, 11) is 1.52. The standard InChI is InChI=1S/C15H15FN2O2/c1-11(7-8-17)18(2)15(20)13-10-12(4-3-9-19)5-6-14(13)16/h5-6,10-11,19H,7,9H2,1-2H3. The highest BCUT2D eigenvalue weighted by Crippen LogP contribution is 2.14. The minimum absolute atomic E-state index is 0.0953. The molecule has 0 aliphatic carbocycles. The van der Waals surface area contributed by atoms with Crippen molar-refractivity contribution in [2.24, 2.45) is 0 Å². The van der Waals surface area contributed by atoms with Gasteiger partial charge >= 0.3 is 0 Å². The first-order chi connectivity index (χ1) is 9.51. The van der Waals surface area contributed by atoms with Gasteiger partial charge in [0.15, 0.2) is 0 Å². The number of carbonyl (C=O) groups is 1. The topological polar surface area (TPSA) is 64.3 Å². The molecule has 0 aliphatic heterocycles. The van der Waals surface area contributed by atoms with E-state index in [2.05, 4.69) is 11.8 Å². The van der Waals surface area contributed by atoms with Gasteiger partial charge in [-0.3, -0.25) is 4.79 Å². The summed E-state index contributed by atoms with van der Waals surface area (Å²) >= 11 is 0. The zero-order valence-electron chi connectivity index (χ0n) is 11.4. The molecule has 1 N–H and O–H groups in total. The molecule has 1 aromatic rings. The van der Waals surface area contributed by atoms with Gasteiger partial charge in [-0.1, -0.05) is 11.8 Å². The van der Waals surface area contributed by atoms with E-state index in [1.54, 1.807) is 6.92 Å². The molecule has 0 fully saturated rings. The van der Waals surface area contributed by atoms with Crippen molar-refractivity contribution in [1.82, 2.24) is 4.90 Å². The molecular weight excluding hydrogens is 259 g/mol. The molecular formula is C15H15FN2O2. The highest BCUT2D eigenvalue weighted by molar-refractivity contribution is 5.94. The number of carbonyl (C=O) groups excluding carboxylic acids is 1. The molecule has 4 nitrogen and oxygen atoms in total. The molecule has 1 unspecified atom stereocenters. The van der Waals surface area contributed by atoms with Crippen LogP contribution in [0.2, 0.25) is 0 Å². The van der Waals surface area contributed by atoms with Crippen LogP contribution in [0.5, 0.6) is 0 Å². The highest BCUT2D eigenvalue weighted by atomic mass is 19.1. The molecule has 0 saturated carbocycles. The van der Waals surface area contributed by atoms with E-state index in [1.165, 1.54) is 24.1 Å². The fraction of sp³-hybridized carbons (Fsp3) is 0.333. The number of halogens is 1. The van der Waals surface area contributed by atoms with Crippen LogP contribution < -0.4 is 0 Å². The maximum absolute atomic E-state index is 13.7. The third-order valence-corrected chi connectivity index (χ3v) is 2.88. The van der Waals surface area contributed by atoms with Crippen LogP contribution in [-0.2, 0) is 0 Å². The molecule has 0 aromatic heterocycles. The molecule has 1 aromatic carbocycles. The van der Waals surface area contributed by atoms with E-state index in [9.17, 15) is 9.18 Å². The van der Waals surface area contributed by atoms with Crippen molar-refractivity contribution < 1.29 is 14.3 Å². The number of nitriles is 1. The highest BCUT2D eigenvalue weighted by Gasteiger charge is 2.20. The van der Waals surface area contributed by atoms with Crippen LogP contribution in [-0.4, -0.2) is 35.6 Å². The lowest BCUT2D eigenvalue weighted by molar-refractivity contribution is 0.0741. The van der Waals surface area contributed by atoms with Crippen LogP contribution in [0.25, 0.3) is 0 Å². The van der Waals surface area contributed by atoms with Gasteiger partial charge in [0.25, 0.3) is 5.91 Å². The number of benzene rings is 1. The number of aliphatic hydroxyl groups is 1. The number of rotatable bonds is 3. The molecule has 1 amide bonds. The Bertz CT molecular complexity index is 596. The number of hydrogen-bond donors (Lipinski definition) is 1. The first kappa shape index (κ1) is 15.7. The van der Waals surface area contributed by atoms with Crippen LogP contribution in [0.1, 0.15) is 29.3 Å². The van der Waals surface area contributed by atoms with E-state index in [0.717, 1.165) is 6.07 Å². The molecule has 1 rings (SSSR count). The fourth-order valence-electron chi connectivity index (χ4n) is 1.57. The normalized spacial score (nSPS) is 10.9. The van der Waals surface area contributed by atoms with Gasteiger partial charge in [-0.2, -0.15) is 5.26 Å². The Morgan fingerprint density at radius 2 is 2.25 bits per heavy atom. The van der Waals surface area contributed by atoms with Crippen molar-refractivity contribution in [3.63, 3.8) is 0 Å². The smallest absolute Gasteiger partial charge is 0.256 e. The SMILES string of the molecule is CC(CC#N)N(C)C(=O)c1cc(C#CCO)ccc1F. The number of aliphatic hydroxyl groups excluding tert-OH is 1. The predicted molar refractivity (Wildman–Crippen MR) is 72.1 cm³/mol. The quantitative estimate of drug-likeness (QED) is 0.850. The van der Waals surface area contributed by atoms with Crippen molar-refractivity contribution in [2.45, 2.75) is 19.4 Å². The first-order valence-corrected chi connectivity index (χ1v) is 6.04. The minimum Gasteiger partial charge on any atom is -0.384 e. The summed E-state index contributed by atoms with van der Waals surface area (Å²) in [5, 5.41) is 17.3. The second kappa shape index (κ2) is 7.28. The number of hydrogen-bond acceptors (Lipinski definition) is 3. The van der Waals surface area contributed by atoms with Gasteiger partial charge in [-0.25, -0.2) is 4.39 Å². The summed E-state index contributed by atoms with van der Waals surface area (Å²) in [6.07, 6.45) is 0.174. The van der Waals surface area contributed by atoms with Gasteiger partial charge in [0.2, 0.25) is 0 Å². The minimum atomic E-state index is -0.638. The summed E-state index contributed by atoms with van der Waals surface area (Å²) in [6, 6.07) is 5.61. The average molecular weight is 274 g/mol. The zero-order chi connectivity index (χ0) is 15.1. The summed E-state index contributed by atoms with van der Waals surface area (Å²) in [5.74, 6) is 3.92. The molecule has 5 heteroatoms. The molecule has 20 heavy (non-hydrogen) atoms. The van der Waals surface area contributed by atoms with Crippen LogP contribution in [0.3, 0.4) is 0 Å². The van der Waals surface area contributed by atoms with E-state index in [-0.39, 0.29) is 24.6 Å². The summed E-state index contributed by atoms with van der Waals surface area (Å²) in [4.78, 5) is 13.5. The van der Waals surface area contributed by atoms with Crippen LogP contribution in [0.4, 0.5) is 4.39 Å². The summed E-state index contributed by atoms with van der Waals surface area (Å²) < 4.78 is 13.7. The monoisotopic (exact) mass is 274 g/mol. The lowest BCUT2D eigenvalue weighted by Crippen LogP contribution is -2.35. The lowest BCUT2D eigenvalue weighted by atomic mass is 10.1. The third-order valence-electron chi connectivity index (χ3n) is 2.88. The van der Waals surface area contributed by atoms with Crippen molar-refractivity contribution >= 4 is 5.91 Å². The Morgan fingerprint density at radius 3 is 2.85 bits per heavy atom. The van der Waals surface area contributed by atoms with E-state index in [0.29, 0.717) is 5.56 Å². The molecule has 0 heterocycles. The van der Waals surface area contributed by atoms with Gasteiger partial charge in [-0.15, -0.1) is 0 Å². The Kier molecular flexibility index (Phi) is 5.71. The van der Waals surface area contributed by atoms with Crippen molar-refractivity contribution in [3.8, 4) is 17.9 Å². The molecule has 0 bridgehead atoms. The largest absolute Gasteiger partial charge is 0.384 e. The average Bonchev–Trinajstić information content (AvgIpc) is 2.45. The van der Waals surface area contributed by atoms with Gasteiger partial charge in [0.05, 0.1) is 18.1 Å². The fourth-order valence-corrected chi connectivity index (χ4v) is 1.57. The van der Waals surface area contributed by atoms with Gasteiger partial charge in [0.1, 0.15) is 12.4 Å². The molecule has 0 aliphatic rings. The molecule has 1 atom stereocenters. The Hall–Kier alpha value is -2.37. The second-order valence-corrected chi connectivity index (χ2v) is 4.28. The Morgan fingerprint density at radius 1 is 1.55 bits per heavy atom. The zero-order valence-corrected chi connectivity index (χ0v) is 11.4. The second-order valence-electron chi connectivity index (χ2n) is 4.28. The molecule has 0 saturated heterocycles. The van der Waals surface area contributed by atoms with Crippen molar-refractivity contribution in [1.29, 1.82) is 5.26 Å². The van der Waals surface area contributed by atoms with Gasteiger partial charge < -0.3 is 10.0 Å². The molecule has 104 valence electrons. The van der Waals surface area contributed by atoms with Crippen LogP contribution in [0.15, 0.2) is 18.2 Å². The van der Waals surface area contributed by atoms with E-state index < -0.39 is 11.7 Å². The van der Waals surface area contributed by atoms with Gasteiger partial charge in [-0.05, 0) is 25.1 Å². The lowest BCUT2D eigenvalue weighted by Gasteiger charge is -2.23. The Labute approximate surface area is 117 Å². The number of amides is 1. The van der Waals surface area contributed by atoms with Crippen molar-refractivity contribution in [3.05, 3.63) is 35.1 Å². The number of nitrogens with zero attached hydrogens (tertiary/aromatic N) is 2. The predicted octanol–water partition coefficient (Wildman–Crippen LogP) is 1.54. The van der Waals surface area contributed by atoms with Crippen molar-refractivity contribution in [2.75, 3.05) is 13.7 Å². The Balaban J connectivity index is 3.06. The van der Waals surface area contributed by atoms with E-state index >= 15 is 0 Å². The maximum atomic E-state index is 13.7. The summed E-state index contributed by atoms with van der Waals surface area (Å²) in [5.41, 5.74) is 0.354. The van der Waals surface area contributed by atoms with Crippen LogP contribution >= 0.6 is 0 Å². The van der Waals surface area contributed by atoms with E-state index in [4.69, 9.17) is 10.4 Å². The van der Waals surface area contributed by atoms with Gasteiger partial charge in [0, 0.05) is 18.7 Å². The van der Waals surface area contributed by atoms with Crippen LogP contribution in [0, 0.1) is 29.0 Å². The van der Waals surface area contributed by atoms with E-state index in [1.807, 2.05) is 6.07 Å².